The van der Waals surface area contributed by atoms with Gasteiger partial charge in [-0.3, -0.25) is 4.90 Å². The molecule has 1 aromatic carbocycles. The molecule has 0 amide bonds. The maximum absolute atomic E-state index is 5.27. The van der Waals surface area contributed by atoms with E-state index in [1.807, 2.05) is 13.8 Å². The molecule has 0 bridgehead atoms. The highest BCUT2D eigenvalue weighted by molar-refractivity contribution is 5.21. The van der Waals surface area contributed by atoms with Crippen molar-refractivity contribution in [3.63, 3.8) is 0 Å². The highest BCUT2D eigenvalue weighted by Gasteiger charge is 2.21. The van der Waals surface area contributed by atoms with Crippen molar-refractivity contribution in [1.29, 1.82) is 0 Å². The van der Waals surface area contributed by atoms with Crippen molar-refractivity contribution in [2.45, 2.75) is 32.9 Å². The van der Waals surface area contributed by atoms with E-state index < -0.39 is 0 Å². The second-order valence-electron chi connectivity index (χ2n) is 5.88. The van der Waals surface area contributed by atoms with Gasteiger partial charge in [0.2, 0.25) is 0 Å². The fourth-order valence-corrected chi connectivity index (χ4v) is 3.02. The fourth-order valence-electron chi connectivity index (χ4n) is 3.02. The number of rotatable bonds is 4. The summed E-state index contributed by atoms with van der Waals surface area (Å²) < 4.78 is 5.27. The Morgan fingerprint density at radius 3 is 2.81 bits per heavy atom. The van der Waals surface area contributed by atoms with Gasteiger partial charge in [-0.05, 0) is 25.8 Å². The summed E-state index contributed by atoms with van der Waals surface area (Å²) >= 11 is 0. The van der Waals surface area contributed by atoms with Crippen molar-refractivity contribution >= 4 is 0 Å². The van der Waals surface area contributed by atoms with Gasteiger partial charge >= 0.3 is 0 Å². The smallest absolute Gasteiger partial charge is 0.138 e. The molecule has 1 N–H and O–H groups in total. The van der Waals surface area contributed by atoms with Crippen LogP contribution < -0.4 is 5.32 Å². The molecule has 21 heavy (non-hydrogen) atoms. The Bertz CT molecular complexity index is 559. The van der Waals surface area contributed by atoms with Crippen LogP contribution in [0.5, 0.6) is 0 Å². The van der Waals surface area contributed by atoms with Gasteiger partial charge in [0.25, 0.3) is 0 Å². The number of piperazine rings is 1. The van der Waals surface area contributed by atoms with Crippen LogP contribution in [-0.2, 0) is 13.0 Å². The minimum atomic E-state index is 0.515. The molecule has 1 aromatic heterocycles. The number of benzene rings is 1. The maximum atomic E-state index is 5.27. The third-order valence-electron chi connectivity index (χ3n) is 4.23. The molecule has 0 spiro atoms. The number of aryl methyl sites for hydroxylation is 2. The Labute approximate surface area is 126 Å². The van der Waals surface area contributed by atoms with Crippen LogP contribution in [0, 0.1) is 13.8 Å². The summed E-state index contributed by atoms with van der Waals surface area (Å²) in [6.45, 7) is 8.15. The van der Waals surface area contributed by atoms with Gasteiger partial charge in [-0.1, -0.05) is 35.5 Å². The largest absolute Gasteiger partial charge is 0.361 e. The lowest BCUT2D eigenvalue weighted by atomic mass is 10.0. The van der Waals surface area contributed by atoms with Crippen LogP contribution >= 0.6 is 0 Å². The van der Waals surface area contributed by atoms with Crippen LogP contribution in [0.2, 0.25) is 0 Å². The van der Waals surface area contributed by atoms with E-state index in [-0.39, 0.29) is 0 Å². The molecule has 1 atom stereocenters. The molecule has 4 nitrogen and oxygen atoms in total. The summed E-state index contributed by atoms with van der Waals surface area (Å²) in [6.07, 6.45) is 1.08. The zero-order valence-electron chi connectivity index (χ0n) is 12.8. The molecular formula is C17H23N3O. The van der Waals surface area contributed by atoms with Gasteiger partial charge in [0, 0.05) is 37.8 Å². The average Bonchev–Trinajstić information content (AvgIpc) is 2.81. The lowest BCUT2D eigenvalue weighted by Crippen LogP contribution is -2.51. The van der Waals surface area contributed by atoms with Crippen molar-refractivity contribution in [1.82, 2.24) is 15.4 Å². The first kappa shape index (κ1) is 14.3. The third kappa shape index (κ3) is 3.52. The van der Waals surface area contributed by atoms with Crippen molar-refractivity contribution < 1.29 is 4.52 Å². The SMILES string of the molecule is Cc1noc(C)c1CN1CCNC(Cc2ccccc2)C1. The van der Waals surface area contributed by atoms with Gasteiger partial charge in [0.05, 0.1) is 5.69 Å². The van der Waals surface area contributed by atoms with Crippen LogP contribution in [0.1, 0.15) is 22.6 Å². The maximum Gasteiger partial charge on any atom is 0.138 e. The minimum absolute atomic E-state index is 0.515. The van der Waals surface area contributed by atoms with Gasteiger partial charge in [0.15, 0.2) is 0 Å². The standard InChI is InChI=1S/C17H23N3O/c1-13-17(14(2)21-19-13)12-20-9-8-18-16(11-20)10-15-6-4-3-5-7-15/h3-7,16,18H,8-12H2,1-2H3. The van der Waals surface area contributed by atoms with Crippen LogP contribution in [0.25, 0.3) is 0 Å². The van der Waals surface area contributed by atoms with Gasteiger partial charge in [-0.2, -0.15) is 0 Å². The predicted molar refractivity (Wildman–Crippen MR) is 83.2 cm³/mol. The van der Waals surface area contributed by atoms with E-state index in [0.717, 1.165) is 44.1 Å². The zero-order chi connectivity index (χ0) is 14.7. The Hall–Kier alpha value is -1.65. The summed E-state index contributed by atoms with van der Waals surface area (Å²) in [5, 5.41) is 7.68. The molecular weight excluding hydrogens is 262 g/mol. The Morgan fingerprint density at radius 2 is 2.10 bits per heavy atom. The zero-order valence-corrected chi connectivity index (χ0v) is 12.8. The highest BCUT2D eigenvalue weighted by atomic mass is 16.5. The van der Waals surface area contributed by atoms with E-state index in [1.54, 1.807) is 0 Å². The third-order valence-corrected chi connectivity index (χ3v) is 4.23. The molecule has 1 aliphatic rings. The van der Waals surface area contributed by atoms with Crippen LogP contribution in [-0.4, -0.2) is 35.7 Å². The molecule has 1 saturated heterocycles. The van der Waals surface area contributed by atoms with E-state index in [4.69, 9.17) is 4.52 Å². The molecule has 112 valence electrons. The minimum Gasteiger partial charge on any atom is -0.361 e. The molecule has 0 saturated carbocycles. The molecule has 4 heteroatoms. The van der Waals surface area contributed by atoms with Gasteiger partial charge in [0.1, 0.15) is 5.76 Å². The first-order valence-corrected chi connectivity index (χ1v) is 7.64. The summed E-state index contributed by atoms with van der Waals surface area (Å²) in [5.41, 5.74) is 3.66. The van der Waals surface area contributed by atoms with Crippen molar-refractivity contribution in [2.75, 3.05) is 19.6 Å². The Balaban J connectivity index is 1.61. The molecule has 1 fully saturated rings. The first-order valence-electron chi connectivity index (χ1n) is 7.64. The average molecular weight is 285 g/mol. The van der Waals surface area contributed by atoms with E-state index in [1.165, 1.54) is 11.1 Å². The topological polar surface area (TPSA) is 41.3 Å². The quantitative estimate of drug-likeness (QED) is 0.936. The van der Waals surface area contributed by atoms with Crippen molar-refractivity contribution in [3.8, 4) is 0 Å². The Morgan fingerprint density at radius 1 is 1.29 bits per heavy atom. The number of aromatic nitrogens is 1. The number of hydrogen-bond acceptors (Lipinski definition) is 4. The molecule has 2 aromatic rings. The van der Waals surface area contributed by atoms with Gasteiger partial charge in [-0.25, -0.2) is 0 Å². The lowest BCUT2D eigenvalue weighted by Gasteiger charge is -2.33. The number of nitrogens with zero attached hydrogens (tertiary/aromatic N) is 2. The van der Waals surface area contributed by atoms with Crippen molar-refractivity contribution in [3.05, 3.63) is 52.9 Å². The highest BCUT2D eigenvalue weighted by Crippen LogP contribution is 2.16. The van der Waals surface area contributed by atoms with Crippen LogP contribution in [0.3, 0.4) is 0 Å². The molecule has 1 unspecified atom stereocenters. The molecule has 0 aliphatic carbocycles. The molecule has 2 heterocycles. The second-order valence-corrected chi connectivity index (χ2v) is 5.88. The molecule has 1 aliphatic heterocycles. The summed E-state index contributed by atoms with van der Waals surface area (Å²) in [7, 11) is 0. The van der Waals surface area contributed by atoms with Crippen LogP contribution in [0.15, 0.2) is 34.9 Å². The lowest BCUT2D eigenvalue weighted by molar-refractivity contribution is 0.190. The normalized spacial score (nSPS) is 19.8. The van der Waals surface area contributed by atoms with Gasteiger partial charge in [-0.15, -0.1) is 0 Å². The van der Waals surface area contributed by atoms with Gasteiger partial charge < -0.3 is 9.84 Å². The van der Waals surface area contributed by atoms with Crippen LogP contribution in [0.4, 0.5) is 0 Å². The summed E-state index contributed by atoms with van der Waals surface area (Å²) in [4.78, 5) is 2.50. The van der Waals surface area contributed by atoms with E-state index in [0.29, 0.717) is 6.04 Å². The molecule has 0 radical (unpaired) electrons. The number of nitrogens with one attached hydrogen (secondary N) is 1. The van der Waals surface area contributed by atoms with E-state index in [9.17, 15) is 0 Å². The number of hydrogen-bond donors (Lipinski definition) is 1. The van der Waals surface area contributed by atoms with E-state index in [2.05, 4.69) is 45.7 Å². The summed E-state index contributed by atoms with van der Waals surface area (Å²) in [5.74, 6) is 0.950. The second kappa shape index (κ2) is 6.41. The van der Waals surface area contributed by atoms with E-state index >= 15 is 0 Å². The molecule has 3 rings (SSSR count). The fraction of sp³-hybridized carbons (Fsp3) is 0.471. The predicted octanol–water partition coefficient (Wildman–Crippen LogP) is 2.31. The Kier molecular flexibility index (Phi) is 4.36. The monoisotopic (exact) mass is 285 g/mol. The van der Waals surface area contributed by atoms with Crippen molar-refractivity contribution in [2.24, 2.45) is 0 Å². The summed E-state index contributed by atoms with van der Waals surface area (Å²) in [6, 6.07) is 11.2. The first-order chi connectivity index (χ1) is 10.2.